The second kappa shape index (κ2) is 5.64. The summed E-state index contributed by atoms with van der Waals surface area (Å²) >= 11 is 0. The number of hydrogen-bond acceptors (Lipinski definition) is 3. The van der Waals surface area contributed by atoms with Crippen molar-refractivity contribution in [1.82, 2.24) is 10.8 Å². The molecule has 1 aliphatic carbocycles. The van der Waals surface area contributed by atoms with Gasteiger partial charge in [0.15, 0.2) is 0 Å². The van der Waals surface area contributed by atoms with E-state index in [0.29, 0.717) is 6.04 Å². The van der Waals surface area contributed by atoms with E-state index in [1.165, 1.54) is 12.8 Å². The van der Waals surface area contributed by atoms with Crippen molar-refractivity contribution in [2.24, 2.45) is 0 Å². The first-order chi connectivity index (χ1) is 7.38. The Bertz CT molecular complexity index is 230. The SMILES string of the molecule is CC(NOC(C)(C)C)C(=O)NC1CCCC1. The fraction of sp³-hybridized carbons (Fsp3) is 0.917. The molecule has 94 valence electrons. The molecule has 0 spiro atoms. The maximum Gasteiger partial charge on any atom is 0.239 e. The van der Waals surface area contributed by atoms with Gasteiger partial charge in [-0.15, -0.1) is 0 Å². The normalized spacial score (nSPS) is 19.8. The molecule has 1 rings (SSSR count). The lowest BCUT2D eigenvalue weighted by Gasteiger charge is -2.23. The fourth-order valence-corrected chi connectivity index (χ4v) is 1.72. The van der Waals surface area contributed by atoms with Gasteiger partial charge in [-0.2, -0.15) is 5.48 Å². The van der Waals surface area contributed by atoms with Crippen LogP contribution in [-0.4, -0.2) is 23.6 Å². The number of nitrogens with one attached hydrogen (secondary N) is 2. The highest BCUT2D eigenvalue weighted by Gasteiger charge is 2.21. The molecule has 2 N–H and O–H groups in total. The Labute approximate surface area is 98.1 Å². The Hall–Kier alpha value is -0.610. The van der Waals surface area contributed by atoms with E-state index < -0.39 is 0 Å². The number of rotatable bonds is 4. The highest BCUT2D eigenvalue weighted by atomic mass is 16.7. The Balaban J connectivity index is 2.24. The van der Waals surface area contributed by atoms with Crippen LogP contribution in [0.4, 0.5) is 0 Å². The van der Waals surface area contributed by atoms with Crippen molar-refractivity contribution in [3.05, 3.63) is 0 Å². The zero-order valence-corrected chi connectivity index (χ0v) is 10.8. The van der Waals surface area contributed by atoms with Gasteiger partial charge in [0.2, 0.25) is 5.91 Å². The summed E-state index contributed by atoms with van der Waals surface area (Å²) in [6.45, 7) is 7.65. The molecule has 0 saturated heterocycles. The van der Waals surface area contributed by atoms with Crippen molar-refractivity contribution in [2.45, 2.75) is 71.1 Å². The van der Waals surface area contributed by atoms with Crippen LogP contribution in [0.2, 0.25) is 0 Å². The molecule has 16 heavy (non-hydrogen) atoms. The van der Waals surface area contributed by atoms with Gasteiger partial charge in [0.05, 0.1) is 5.60 Å². The van der Waals surface area contributed by atoms with Gasteiger partial charge in [-0.1, -0.05) is 12.8 Å². The predicted octanol–water partition coefficient (Wildman–Crippen LogP) is 1.75. The van der Waals surface area contributed by atoms with Crippen molar-refractivity contribution in [3.8, 4) is 0 Å². The number of carbonyl (C=O) groups is 1. The first-order valence-electron chi connectivity index (χ1n) is 6.12. The molecule has 0 aromatic rings. The Morgan fingerprint density at radius 1 is 1.31 bits per heavy atom. The van der Waals surface area contributed by atoms with Crippen LogP contribution >= 0.6 is 0 Å². The monoisotopic (exact) mass is 228 g/mol. The third kappa shape index (κ3) is 4.94. The summed E-state index contributed by atoms with van der Waals surface area (Å²) in [4.78, 5) is 17.1. The summed E-state index contributed by atoms with van der Waals surface area (Å²) in [5, 5.41) is 3.03. The number of hydroxylamine groups is 1. The van der Waals surface area contributed by atoms with E-state index in [1.54, 1.807) is 0 Å². The molecule has 0 aromatic carbocycles. The van der Waals surface area contributed by atoms with Crippen molar-refractivity contribution >= 4 is 5.91 Å². The molecule has 1 fully saturated rings. The van der Waals surface area contributed by atoms with Crippen LogP contribution in [0.5, 0.6) is 0 Å². The van der Waals surface area contributed by atoms with Crippen LogP contribution in [0.1, 0.15) is 53.4 Å². The van der Waals surface area contributed by atoms with Crippen LogP contribution in [0.25, 0.3) is 0 Å². The average molecular weight is 228 g/mol. The van der Waals surface area contributed by atoms with Gasteiger partial charge >= 0.3 is 0 Å². The van der Waals surface area contributed by atoms with Crippen LogP contribution in [-0.2, 0) is 9.63 Å². The summed E-state index contributed by atoms with van der Waals surface area (Å²) in [6.07, 6.45) is 4.67. The molecule has 0 heterocycles. The molecule has 0 radical (unpaired) electrons. The van der Waals surface area contributed by atoms with E-state index >= 15 is 0 Å². The van der Waals surface area contributed by atoms with Crippen LogP contribution in [0.3, 0.4) is 0 Å². The first kappa shape index (κ1) is 13.5. The van der Waals surface area contributed by atoms with E-state index in [9.17, 15) is 4.79 Å². The van der Waals surface area contributed by atoms with E-state index in [-0.39, 0.29) is 17.6 Å². The zero-order chi connectivity index (χ0) is 12.2. The first-order valence-corrected chi connectivity index (χ1v) is 6.12. The summed E-state index contributed by atoms with van der Waals surface area (Å²) in [7, 11) is 0. The quantitative estimate of drug-likeness (QED) is 0.721. The van der Waals surface area contributed by atoms with Crippen molar-refractivity contribution in [1.29, 1.82) is 0 Å². The van der Waals surface area contributed by atoms with Crippen LogP contribution < -0.4 is 10.8 Å². The van der Waals surface area contributed by atoms with Crippen molar-refractivity contribution < 1.29 is 9.63 Å². The van der Waals surface area contributed by atoms with Gasteiger partial charge in [0, 0.05) is 6.04 Å². The van der Waals surface area contributed by atoms with Crippen molar-refractivity contribution in [2.75, 3.05) is 0 Å². The van der Waals surface area contributed by atoms with Gasteiger partial charge in [-0.3, -0.25) is 9.63 Å². The smallest absolute Gasteiger partial charge is 0.239 e. The lowest BCUT2D eigenvalue weighted by atomic mass is 10.2. The Kier molecular flexibility index (Phi) is 4.74. The van der Waals surface area contributed by atoms with E-state index in [1.807, 2.05) is 27.7 Å². The average Bonchev–Trinajstić information content (AvgIpc) is 2.65. The zero-order valence-electron chi connectivity index (χ0n) is 10.8. The maximum absolute atomic E-state index is 11.8. The molecule has 4 heteroatoms. The van der Waals surface area contributed by atoms with Gasteiger partial charge in [-0.05, 0) is 40.5 Å². The lowest BCUT2D eigenvalue weighted by Crippen LogP contribution is -2.47. The Morgan fingerprint density at radius 3 is 2.38 bits per heavy atom. The van der Waals surface area contributed by atoms with Crippen LogP contribution in [0.15, 0.2) is 0 Å². The third-order valence-electron chi connectivity index (χ3n) is 2.64. The summed E-state index contributed by atoms with van der Waals surface area (Å²) in [6, 6.07) is 0.0613. The minimum atomic E-state index is -0.306. The summed E-state index contributed by atoms with van der Waals surface area (Å²) in [5.74, 6) is 0.0242. The third-order valence-corrected chi connectivity index (χ3v) is 2.64. The maximum atomic E-state index is 11.8. The molecule has 1 aliphatic rings. The Morgan fingerprint density at radius 2 is 1.88 bits per heavy atom. The van der Waals surface area contributed by atoms with Gasteiger partial charge in [0.1, 0.15) is 6.04 Å². The topological polar surface area (TPSA) is 50.4 Å². The highest BCUT2D eigenvalue weighted by molar-refractivity contribution is 5.81. The standard InChI is InChI=1S/C12H24N2O2/c1-9(14-16-12(2,3)4)11(15)13-10-7-5-6-8-10/h9-10,14H,5-8H2,1-4H3,(H,13,15). The highest BCUT2D eigenvalue weighted by Crippen LogP contribution is 2.17. The number of hydrogen-bond donors (Lipinski definition) is 2. The molecular weight excluding hydrogens is 204 g/mol. The minimum absolute atomic E-state index is 0.0242. The number of amides is 1. The summed E-state index contributed by atoms with van der Waals surface area (Å²) in [5.41, 5.74) is 2.51. The molecule has 0 aliphatic heterocycles. The van der Waals surface area contributed by atoms with E-state index in [0.717, 1.165) is 12.8 Å². The van der Waals surface area contributed by atoms with Crippen LogP contribution in [0, 0.1) is 0 Å². The second-order valence-corrected chi connectivity index (χ2v) is 5.54. The molecule has 1 amide bonds. The molecule has 4 nitrogen and oxygen atoms in total. The van der Waals surface area contributed by atoms with E-state index in [2.05, 4.69) is 10.8 Å². The largest absolute Gasteiger partial charge is 0.352 e. The molecular formula is C12H24N2O2. The number of carbonyl (C=O) groups excluding carboxylic acids is 1. The second-order valence-electron chi connectivity index (χ2n) is 5.54. The molecule has 1 atom stereocenters. The summed E-state index contributed by atoms with van der Waals surface area (Å²) < 4.78 is 0. The van der Waals surface area contributed by atoms with Crippen molar-refractivity contribution in [3.63, 3.8) is 0 Å². The van der Waals surface area contributed by atoms with Gasteiger partial charge in [-0.25, -0.2) is 0 Å². The molecule has 1 saturated carbocycles. The van der Waals surface area contributed by atoms with Gasteiger partial charge < -0.3 is 5.32 Å². The van der Waals surface area contributed by atoms with E-state index in [4.69, 9.17) is 4.84 Å². The minimum Gasteiger partial charge on any atom is -0.352 e. The molecule has 0 aromatic heterocycles. The molecule has 1 unspecified atom stereocenters. The predicted molar refractivity (Wildman–Crippen MR) is 63.8 cm³/mol. The molecule has 0 bridgehead atoms. The fourth-order valence-electron chi connectivity index (χ4n) is 1.72. The van der Waals surface area contributed by atoms with Gasteiger partial charge in [0.25, 0.3) is 0 Å². The lowest BCUT2D eigenvalue weighted by molar-refractivity contribution is -0.134.